The van der Waals surface area contributed by atoms with Crippen molar-refractivity contribution in [2.24, 2.45) is 5.10 Å². The number of hydrogen-bond donors (Lipinski definition) is 1. The smallest absolute Gasteiger partial charge is 0.217 e. The SMILES string of the molecule is CCCN(CCC)c1cc(N/N=C/c2nsc3ccccc23)cc(OCCN2CCOCC2)n1. The molecule has 0 bridgehead atoms. The van der Waals surface area contributed by atoms with Crippen LogP contribution in [-0.4, -0.2) is 73.0 Å². The molecule has 1 aliphatic heterocycles. The second-order valence-corrected chi connectivity index (χ2v) is 9.08. The number of fused-ring (bicyclic) bond motifs is 1. The second-order valence-electron chi connectivity index (χ2n) is 8.28. The molecule has 2 aromatic heterocycles. The van der Waals surface area contributed by atoms with Crippen LogP contribution < -0.4 is 15.1 Å². The number of ether oxygens (including phenoxy) is 2. The fraction of sp³-hybridized carbons (Fsp3) is 0.480. The van der Waals surface area contributed by atoms with Crippen molar-refractivity contribution < 1.29 is 9.47 Å². The second kappa shape index (κ2) is 12.6. The van der Waals surface area contributed by atoms with Crippen molar-refractivity contribution in [2.45, 2.75) is 26.7 Å². The molecule has 1 saturated heterocycles. The fourth-order valence-electron chi connectivity index (χ4n) is 3.94. The summed E-state index contributed by atoms with van der Waals surface area (Å²) >= 11 is 1.48. The van der Waals surface area contributed by atoms with Crippen molar-refractivity contribution in [1.82, 2.24) is 14.3 Å². The van der Waals surface area contributed by atoms with Crippen LogP contribution in [0.3, 0.4) is 0 Å². The maximum absolute atomic E-state index is 6.08. The van der Waals surface area contributed by atoms with Gasteiger partial charge in [0.1, 0.15) is 18.1 Å². The molecule has 1 aliphatic rings. The lowest BCUT2D eigenvalue weighted by molar-refractivity contribution is 0.0320. The van der Waals surface area contributed by atoms with E-state index >= 15 is 0 Å². The van der Waals surface area contributed by atoms with Gasteiger partial charge in [0.15, 0.2) is 0 Å². The number of rotatable bonds is 12. The minimum Gasteiger partial charge on any atom is -0.476 e. The van der Waals surface area contributed by atoms with Gasteiger partial charge >= 0.3 is 0 Å². The topological polar surface area (TPSA) is 75.1 Å². The van der Waals surface area contributed by atoms with Crippen LogP contribution in [0.1, 0.15) is 32.4 Å². The average molecular weight is 483 g/mol. The van der Waals surface area contributed by atoms with Gasteiger partial charge in [0.25, 0.3) is 0 Å². The van der Waals surface area contributed by atoms with Gasteiger partial charge in [-0.3, -0.25) is 10.3 Å². The lowest BCUT2D eigenvalue weighted by Gasteiger charge is -2.26. The Kier molecular flexibility index (Phi) is 9.06. The van der Waals surface area contributed by atoms with Gasteiger partial charge in [0.2, 0.25) is 5.88 Å². The Morgan fingerprint density at radius 1 is 1.18 bits per heavy atom. The Morgan fingerprint density at radius 2 is 1.97 bits per heavy atom. The summed E-state index contributed by atoms with van der Waals surface area (Å²) in [5.41, 5.74) is 4.88. The van der Waals surface area contributed by atoms with Crippen molar-refractivity contribution in [3.8, 4) is 5.88 Å². The molecular weight excluding hydrogens is 448 g/mol. The molecule has 1 N–H and O–H groups in total. The molecule has 9 heteroatoms. The quantitative estimate of drug-likeness (QED) is 0.301. The number of anilines is 2. The molecular formula is C25H34N6O2S. The molecule has 0 amide bonds. The van der Waals surface area contributed by atoms with E-state index in [1.165, 1.54) is 11.5 Å². The Labute approximate surface area is 205 Å². The number of aromatic nitrogens is 2. The maximum atomic E-state index is 6.08. The van der Waals surface area contributed by atoms with Crippen molar-refractivity contribution in [3.05, 3.63) is 42.1 Å². The number of nitrogens with zero attached hydrogens (tertiary/aromatic N) is 5. The number of benzene rings is 1. The zero-order valence-electron chi connectivity index (χ0n) is 20.1. The minimum absolute atomic E-state index is 0.589. The summed E-state index contributed by atoms with van der Waals surface area (Å²) in [5, 5.41) is 5.58. The van der Waals surface area contributed by atoms with E-state index in [2.05, 4.69) is 50.7 Å². The summed E-state index contributed by atoms with van der Waals surface area (Å²) in [5.74, 6) is 1.52. The monoisotopic (exact) mass is 482 g/mol. The number of morpholine rings is 1. The Bertz CT molecular complexity index is 1060. The van der Waals surface area contributed by atoms with Gasteiger partial charge in [0.05, 0.1) is 29.8 Å². The van der Waals surface area contributed by atoms with Gasteiger partial charge < -0.3 is 14.4 Å². The first-order valence-corrected chi connectivity index (χ1v) is 12.9. The highest BCUT2D eigenvalue weighted by molar-refractivity contribution is 7.13. The standard InChI is InChI=1S/C25H34N6O2S/c1-3-9-31(10-4-2)24-17-20(18-25(27-24)33-16-13-30-11-14-32-15-12-30)28-26-19-22-21-7-5-6-8-23(21)34-29-22/h5-8,17-19H,3-4,9-16H2,1-2H3,(H,27,28)/b26-19+. The van der Waals surface area contributed by atoms with Crippen LogP contribution in [0.5, 0.6) is 5.88 Å². The summed E-state index contributed by atoms with van der Waals surface area (Å²) < 4.78 is 17.2. The largest absolute Gasteiger partial charge is 0.476 e. The number of pyridine rings is 1. The van der Waals surface area contributed by atoms with Gasteiger partial charge in [-0.1, -0.05) is 32.0 Å². The molecule has 8 nitrogen and oxygen atoms in total. The summed E-state index contributed by atoms with van der Waals surface area (Å²) in [6.45, 7) is 11.2. The molecule has 1 fully saturated rings. The molecule has 3 heterocycles. The molecule has 0 radical (unpaired) electrons. The van der Waals surface area contributed by atoms with Gasteiger partial charge in [-0.05, 0) is 30.4 Å². The highest BCUT2D eigenvalue weighted by Gasteiger charge is 2.13. The van der Waals surface area contributed by atoms with Gasteiger partial charge in [-0.25, -0.2) is 0 Å². The third-order valence-electron chi connectivity index (χ3n) is 5.65. The molecule has 0 saturated carbocycles. The van der Waals surface area contributed by atoms with Gasteiger partial charge in [0, 0.05) is 50.2 Å². The first-order valence-electron chi connectivity index (χ1n) is 12.1. The van der Waals surface area contributed by atoms with Crippen LogP contribution in [0.15, 0.2) is 41.5 Å². The lowest BCUT2D eigenvalue weighted by Crippen LogP contribution is -2.38. The van der Waals surface area contributed by atoms with Crippen molar-refractivity contribution in [1.29, 1.82) is 0 Å². The van der Waals surface area contributed by atoms with E-state index in [-0.39, 0.29) is 0 Å². The summed E-state index contributed by atoms with van der Waals surface area (Å²) in [4.78, 5) is 9.47. The van der Waals surface area contributed by atoms with Crippen LogP contribution in [0.25, 0.3) is 10.1 Å². The molecule has 0 spiro atoms. The van der Waals surface area contributed by atoms with Gasteiger partial charge in [-0.15, -0.1) is 0 Å². The average Bonchev–Trinajstić information content (AvgIpc) is 3.28. The summed E-state index contributed by atoms with van der Waals surface area (Å²) in [7, 11) is 0. The predicted octanol–water partition coefficient (Wildman–Crippen LogP) is 4.47. The normalized spacial score (nSPS) is 14.6. The van der Waals surface area contributed by atoms with Crippen LogP contribution in [-0.2, 0) is 4.74 Å². The maximum Gasteiger partial charge on any atom is 0.217 e. The Morgan fingerprint density at radius 3 is 2.76 bits per heavy atom. The highest BCUT2D eigenvalue weighted by atomic mass is 32.1. The zero-order valence-corrected chi connectivity index (χ0v) is 20.9. The summed E-state index contributed by atoms with van der Waals surface area (Å²) in [6.07, 6.45) is 3.89. The van der Waals surface area contributed by atoms with Crippen molar-refractivity contribution >= 4 is 39.3 Å². The van der Waals surface area contributed by atoms with Crippen LogP contribution >= 0.6 is 11.5 Å². The zero-order chi connectivity index (χ0) is 23.6. The molecule has 0 unspecified atom stereocenters. The van der Waals surface area contributed by atoms with E-state index in [1.807, 2.05) is 24.3 Å². The minimum atomic E-state index is 0.589. The first kappa shape index (κ1) is 24.4. The van der Waals surface area contributed by atoms with E-state index in [4.69, 9.17) is 14.5 Å². The fourth-order valence-corrected chi connectivity index (χ4v) is 4.70. The van der Waals surface area contributed by atoms with E-state index in [1.54, 1.807) is 6.21 Å². The summed E-state index contributed by atoms with van der Waals surface area (Å²) in [6, 6.07) is 12.1. The predicted molar refractivity (Wildman–Crippen MR) is 141 cm³/mol. The Hall–Kier alpha value is -2.75. The molecule has 34 heavy (non-hydrogen) atoms. The molecule has 182 valence electrons. The van der Waals surface area contributed by atoms with E-state index in [0.29, 0.717) is 12.5 Å². The van der Waals surface area contributed by atoms with Gasteiger partial charge in [-0.2, -0.15) is 14.5 Å². The number of hydrazone groups is 1. The lowest BCUT2D eigenvalue weighted by atomic mass is 10.2. The van der Waals surface area contributed by atoms with Crippen LogP contribution in [0.4, 0.5) is 11.5 Å². The molecule has 0 aliphatic carbocycles. The van der Waals surface area contributed by atoms with Crippen molar-refractivity contribution in [2.75, 3.05) is 62.9 Å². The van der Waals surface area contributed by atoms with Crippen LogP contribution in [0.2, 0.25) is 0 Å². The highest BCUT2D eigenvalue weighted by Crippen LogP contribution is 2.25. The molecule has 1 aromatic carbocycles. The molecule has 3 aromatic rings. The van der Waals surface area contributed by atoms with Crippen molar-refractivity contribution in [3.63, 3.8) is 0 Å². The Balaban J connectivity index is 1.48. The van der Waals surface area contributed by atoms with E-state index in [0.717, 1.165) is 86.1 Å². The van der Waals surface area contributed by atoms with E-state index < -0.39 is 0 Å². The molecule has 4 rings (SSSR count). The van der Waals surface area contributed by atoms with E-state index in [9.17, 15) is 0 Å². The van der Waals surface area contributed by atoms with Crippen LogP contribution in [0, 0.1) is 0 Å². The first-order chi connectivity index (χ1) is 16.8. The number of hydrogen-bond acceptors (Lipinski definition) is 9. The third-order valence-corrected chi connectivity index (χ3v) is 6.49. The molecule has 0 atom stereocenters. The third kappa shape index (κ3) is 6.65. The number of nitrogens with one attached hydrogen (secondary N) is 1.